The molecule has 0 amide bonds. The van der Waals surface area contributed by atoms with Crippen LogP contribution in [-0.2, 0) is 18.9 Å². The van der Waals surface area contributed by atoms with Crippen molar-refractivity contribution in [1.82, 2.24) is 0 Å². The van der Waals surface area contributed by atoms with E-state index in [1.165, 1.54) is 0 Å². The lowest BCUT2D eigenvalue weighted by Gasteiger charge is -2.22. The molecular weight excluding hydrogens is 252 g/mol. The zero-order valence-corrected chi connectivity index (χ0v) is 10.1. The van der Waals surface area contributed by atoms with Crippen LogP contribution < -0.4 is 0 Å². The van der Waals surface area contributed by atoms with E-state index in [1.807, 2.05) is 13.8 Å². The summed E-state index contributed by atoms with van der Waals surface area (Å²) in [5.41, 5.74) is 0. The molecule has 0 aromatic rings. The molecule has 14 heavy (non-hydrogen) atoms. The van der Waals surface area contributed by atoms with E-state index >= 15 is 0 Å². The first kappa shape index (κ1) is 10.8. The van der Waals surface area contributed by atoms with Crippen molar-refractivity contribution in [3.05, 3.63) is 0 Å². The van der Waals surface area contributed by atoms with Crippen LogP contribution in [0.5, 0.6) is 0 Å². The predicted octanol–water partition coefficient (Wildman–Crippen LogP) is 1.27. The molecule has 0 saturated carbocycles. The van der Waals surface area contributed by atoms with Gasteiger partial charge in [-0.25, -0.2) is 0 Å². The number of alkyl halides is 1. The van der Waals surface area contributed by atoms with E-state index in [0.717, 1.165) is 5.33 Å². The van der Waals surface area contributed by atoms with Gasteiger partial charge < -0.3 is 18.9 Å². The summed E-state index contributed by atoms with van der Waals surface area (Å²) >= 11 is 3.39. The molecule has 2 saturated heterocycles. The zero-order valence-electron chi connectivity index (χ0n) is 8.53. The minimum atomic E-state index is -0.531. The summed E-state index contributed by atoms with van der Waals surface area (Å²) in [6.45, 7) is 3.81. The number of fused-ring (bicyclic) bond motifs is 1. The van der Waals surface area contributed by atoms with Crippen molar-refractivity contribution in [3.8, 4) is 0 Å². The Bertz CT molecular complexity index is 201. The smallest absolute Gasteiger partial charge is 0.186 e. The molecular formula is C9H15BrO4. The molecule has 0 aromatic heterocycles. The number of hydrogen-bond acceptors (Lipinski definition) is 4. The van der Waals surface area contributed by atoms with Gasteiger partial charge in [0.25, 0.3) is 0 Å². The Morgan fingerprint density at radius 3 is 2.50 bits per heavy atom. The largest absolute Gasteiger partial charge is 0.353 e. The fourth-order valence-corrected chi connectivity index (χ4v) is 2.48. The van der Waals surface area contributed by atoms with Crippen molar-refractivity contribution in [3.63, 3.8) is 0 Å². The van der Waals surface area contributed by atoms with Crippen LogP contribution in [0.3, 0.4) is 0 Å². The number of rotatable bonds is 2. The van der Waals surface area contributed by atoms with E-state index in [1.54, 1.807) is 7.11 Å². The summed E-state index contributed by atoms with van der Waals surface area (Å²) in [7, 11) is 1.62. The highest BCUT2D eigenvalue weighted by Gasteiger charge is 2.55. The van der Waals surface area contributed by atoms with Gasteiger partial charge in [-0.15, -0.1) is 0 Å². The molecule has 1 unspecified atom stereocenters. The third kappa shape index (κ3) is 1.72. The molecule has 2 heterocycles. The lowest BCUT2D eigenvalue weighted by atomic mass is 10.2. The van der Waals surface area contributed by atoms with Gasteiger partial charge in [-0.05, 0) is 13.8 Å². The van der Waals surface area contributed by atoms with Gasteiger partial charge in [0.05, 0.1) is 6.10 Å². The molecule has 0 aliphatic carbocycles. The van der Waals surface area contributed by atoms with Gasteiger partial charge in [-0.3, -0.25) is 0 Å². The second-order valence-electron chi connectivity index (χ2n) is 4.00. The fraction of sp³-hybridized carbons (Fsp3) is 1.00. The molecule has 2 rings (SSSR count). The van der Waals surface area contributed by atoms with Crippen LogP contribution in [0.1, 0.15) is 13.8 Å². The van der Waals surface area contributed by atoms with Crippen LogP contribution in [0.2, 0.25) is 0 Å². The Morgan fingerprint density at radius 2 is 1.93 bits per heavy atom. The fourth-order valence-electron chi connectivity index (χ4n) is 1.96. The summed E-state index contributed by atoms with van der Waals surface area (Å²) in [6, 6.07) is 0. The SMILES string of the molecule is COC1O[C@H](CBr)[C@@H]2OC(C)(C)O[C@@H]12. The molecule has 4 atom stereocenters. The predicted molar refractivity (Wildman–Crippen MR) is 53.3 cm³/mol. The maximum absolute atomic E-state index is 5.75. The van der Waals surface area contributed by atoms with E-state index in [4.69, 9.17) is 18.9 Å². The Hall–Kier alpha value is 0.320. The zero-order chi connectivity index (χ0) is 10.3. The van der Waals surface area contributed by atoms with Gasteiger partial charge in [-0.2, -0.15) is 0 Å². The van der Waals surface area contributed by atoms with Crippen molar-refractivity contribution in [2.24, 2.45) is 0 Å². The summed E-state index contributed by atoms with van der Waals surface area (Å²) in [5.74, 6) is -0.531. The standard InChI is InChI=1S/C9H15BrO4/c1-9(2)13-6-5(4-10)12-8(11-3)7(6)14-9/h5-8H,4H2,1-3H3/t5-,6+,7-,8?/m1/s1. The highest BCUT2D eigenvalue weighted by molar-refractivity contribution is 9.09. The van der Waals surface area contributed by atoms with Crippen LogP contribution in [0.25, 0.3) is 0 Å². The quantitative estimate of drug-likeness (QED) is 0.706. The monoisotopic (exact) mass is 266 g/mol. The Kier molecular flexibility index (Phi) is 2.87. The van der Waals surface area contributed by atoms with Gasteiger partial charge in [0.1, 0.15) is 12.2 Å². The average Bonchev–Trinajstić information content (AvgIpc) is 2.57. The summed E-state index contributed by atoms with van der Waals surface area (Å²) in [6.07, 6.45) is -0.456. The van der Waals surface area contributed by atoms with E-state index in [2.05, 4.69) is 15.9 Å². The van der Waals surface area contributed by atoms with Crippen LogP contribution in [-0.4, -0.2) is 42.8 Å². The van der Waals surface area contributed by atoms with E-state index in [-0.39, 0.29) is 24.6 Å². The molecule has 4 nitrogen and oxygen atoms in total. The normalized spacial score (nSPS) is 45.4. The molecule has 2 aliphatic heterocycles. The van der Waals surface area contributed by atoms with Crippen molar-refractivity contribution >= 4 is 15.9 Å². The minimum Gasteiger partial charge on any atom is -0.353 e. The van der Waals surface area contributed by atoms with E-state index in [9.17, 15) is 0 Å². The average molecular weight is 267 g/mol. The number of halogens is 1. The van der Waals surface area contributed by atoms with Crippen molar-refractivity contribution in [2.45, 2.75) is 44.2 Å². The lowest BCUT2D eigenvalue weighted by Crippen LogP contribution is -2.30. The molecule has 0 radical (unpaired) electrons. The van der Waals surface area contributed by atoms with Gasteiger partial charge >= 0.3 is 0 Å². The second-order valence-corrected chi connectivity index (χ2v) is 4.65. The van der Waals surface area contributed by atoms with Gasteiger partial charge in [0.15, 0.2) is 12.1 Å². The summed E-state index contributed by atoms with van der Waals surface area (Å²) in [5, 5.41) is 0.730. The van der Waals surface area contributed by atoms with Crippen LogP contribution in [0.4, 0.5) is 0 Å². The van der Waals surface area contributed by atoms with Crippen molar-refractivity contribution in [1.29, 1.82) is 0 Å². The first-order chi connectivity index (χ1) is 6.57. The number of ether oxygens (including phenoxy) is 4. The molecule has 82 valence electrons. The number of methoxy groups -OCH3 is 1. The molecule has 5 heteroatoms. The maximum Gasteiger partial charge on any atom is 0.186 e. The van der Waals surface area contributed by atoms with Gasteiger partial charge in [0, 0.05) is 12.4 Å². The third-order valence-corrected chi connectivity index (χ3v) is 3.13. The molecule has 0 spiro atoms. The van der Waals surface area contributed by atoms with Gasteiger partial charge in [0.2, 0.25) is 0 Å². The van der Waals surface area contributed by atoms with Crippen molar-refractivity contribution in [2.75, 3.05) is 12.4 Å². The van der Waals surface area contributed by atoms with Gasteiger partial charge in [-0.1, -0.05) is 15.9 Å². The molecule has 2 aliphatic rings. The highest BCUT2D eigenvalue weighted by Crippen LogP contribution is 2.39. The highest BCUT2D eigenvalue weighted by atomic mass is 79.9. The Balaban J connectivity index is 2.12. The van der Waals surface area contributed by atoms with Crippen LogP contribution in [0, 0.1) is 0 Å². The third-order valence-electron chi connectivity index (χ3n) is 2.49. The molecule has 2 fully saturated rings. The second kappa shape index (κ2) is 3.72. The van der Waals surface area contributed by atoms with Crippen molar-refractivity contribution < 1.29 is 18.9 Å². The topological polar surface area (TPSA) is 36.9 Å². The van der Waals surface area contributed by atoms with Crippen LogP contribution >= 0.6 is 15.9 Å². The van der Waals surface area contributed by atoms with E-state index in [0.29, 0.717) is 0 Å². The summed E-state index contributed by atoms with van der Waals surface area (Å²) < 4.78 is 22.3. The Labute approximate surface area is 92.0 Å². The Morgan fingerprint density at radius 1 is 1.29 bits per heavy atom. The molecule has 0 aromatic carbocycles. The minimum absolute atomic E-state index is 0.00623. The lowest BCUT2D eigenvalue weighted by molar-refractivity contribution is -0.224. The first-order valence-corrected chi connectivity index (χ1v) is 5.79. The molecule has 0 bridgehead atoms. The number of hydrogen-bond donors (Lipinski definition) is 0. The van der Waals surface area contributed by atoms with Crippen LogP contribution in [0.15, 0.2) is 0 Å². The van der Waals surface area contributed by atoms with E-state index < -0.39 is 5.79 Å². The molecule has 0 N–H and O–H groups in total. The maximum atomic E-state index is 5.75. The summed E-state index contributed by atoms with van der Waals surface area (Å²) in [4.78, 5) is 0. The first-order valence-electron chi connectivity index (χ1n) is 4.67.